The zero-order valence-corrected chi connectivity index (χ0v) is 22.4. The van der Waals surface area contributed by atoms with Gasteiger partial charge in [0.2, 0.25) is 10.0 Å². The molecule has 0 saturated carbocycles. The molecular formula is C28H38N4O4S. The number of aliphatic hydroxyl groups is 1. The Morgan fingerprint density at radius 1 is 1.16 bits per heavy atom. The van der Waals surface area contributed by atoms with Crippen molar-refractivity contribution < 1.29 is 18.3 Å². The standard InChI is InChI=1S/C28H38N4O4S/c1-19(2)26(18-33)30-11-6-14-37(35,36)32-12-9-21(10-13-32)25-17-31-27-23(25)15-22(16-24(27)28(29)34)20-7-4-3-5-8-20/h3-5,7-8,15-17,19,21,26,30-31,33H,6,9-14,18H2,1-2H3,(H2,29,34)/t26-/m0/s1. The third kappa shape index (κ3) is 6.23. The first kappa shape index (κ1) is 27.3. The number of piperidine rings is 1. The van der Waals surface area contributed by atoms with Gasteiger partial charge in [-0.3, -0.25) is 4.79 Å². The largest absolute Gasteiger partial charge is 0.395 e. The number of aromatic amines is 1. The van der Waals surface area contributed by atoms with Crippen molar-refractivity contribution in [2.45, 2.75) is 45.1 Å². The fourth-order valence-electron chi connectivity index (χ4n) is 5.21. The van der Waals surface area contributed by atoms with Gasteiger partial charge >= 0.3 is 0 Å². The van der Waals surface area contributed by atoms with Crippen LogP contribution in [0.15, 0.2) is 48.7 Å². The maximum absolute atomic E-state index is 13.0. The van der Waals surface area contributed by atoms with Crippen LogP contribution >= 0.6 is 0 Å². The Kier molecular flexibility index (Phi) is 8.69. The summed E-state index contributed by atoms with van der Waals surface area (Å²) >= 11 is 0. The van der Waals surface area contributed by atoms with Gasteiger partial charge in [-0.05, 0) is 66.5 Å². The van der Waals surface area contributed by atoms with E-state index in [1.807, 2.05) is 56.4 Å². The number of sulfonamides is 1. The number of aromatic nitrogens is 1. The smallest absolute Gasteiger partial charge is 0.250 e. The van der Waals surface area contributed by atoms with Gasteiger partial charge in [0.05, 0.1) is 23.4 Å². The zero-order chi connectivity index (χ0) is 26.6. The second-order valence-electron chi connectivity index (χ2n) is 10.3. The molecule has 0 bridgehead atoms. The van der Waals surface area contributed by atoms with Crippen molar-refractivity contribution >= 4 is 26.8 Å². The molecule has 8 nitrogen and oxygen atoms in total. The Balaban J connectivity index is 1.45. The number of benzene rings is 2. The lowest BCUT2D eigenvalue weighted by Crippen LogP contribution is -2.41. The number of primary amides is 1. The Morgan fingerprint density at radius 2 is 1.86 bits per heavy atom. The van der Waals surface area contributed by atoms with Gasteiger partial charge in [-0.15, -0.1) is 0 Å². The summed E-state index contributed by atoms with van der Waals surface area (Å²) in [6, 6.07) is 13.8. The highest BCUT2D eigenvalue weighted by Gasteiger charge is 2.30. The number of rotatable bonds is 11. The van der Waals surface area contributed by atoms with Crippen LogP contribution in [-0.4, -0.2) is 66.8 Å². The van der Waals surface area contributed by atoms with Gasteiger partial charge < -0.3 is 21.1 Å². The summed E-state index contributed by atoms with van der Waals surface area (Å²) in [5.41, 5.74) is 9.94. The number of nitrogens with zero attached hydrogens (tertiary/aromatic N) is 1. The maximum atomic E-state index is 13.0. The van der Waals surface area contributed by atoms with Crippen LogP contribution < -0.4 is 11.1 Å². The number of hydrogen-bond acceptors (Lipinski definition) is 5. The summed E-state index contributed by atoms with van der Waals surface area (Å²) in [6.45, 7) is 5.60. The first-order valence-corrected chi connectivity index (χ1v) is 14.6. The van der Waals surface area contributed by atoms with Gasteiger partial charge in [0, 0.05) is 30.7 Å². The molecule has 1 aromatic heterocycles. The predicted octanol–water partition coefficient (Wildman–Crippen LogP) is 3.44. The average Bonchev–Trinajstić information content (AvgIpc) is 3.32. The van der Waals surface area contributed by atoms with Crippen LogP contribution in [0.2, 0.25) is 0 Å². The van der Waals surface area contributed by atoms with Crippen LogP contribution in [0.5, 0.6) is 0 Å². The summed E-state index contributed by atoms with van der Waals surface area (Å²) in [5.74, 6) is 0.0828. The van der Waals surface area contributed by atoms with Crippen LogP contribution in [0.1, 0.15) is 54.9 Å². The van der Waals surface area contributed by atoms with Crippen molar-refractivity contribution in [3.05, 3.63) is 59.8 Å². The lowest BCUT2D eigenvalue weighted by molar-refractivity contribution is 0.100. The van der Waals surface area contributed by atoms with E-state index in [1.54, 1.807) is 4.31 Å². The molecule has 1 amide bonds. The molecule has 9 heteroatoms. The number of hydrogen-bond donors (Lipinski definition) is 4. The highest BCUT2D eigenvalue weighted by molar-refractivity contribution is 7.89. The third-order valence-corrected chi connectivity index (χ3v) is 9.42. The van der Waals surface area contributed by atoms with Crippen molar-refractivity contribution in [1.82, 2.24) is 14.6 Å². The summed E-state index contributed by atoms with van der Waals surface area (Å²) in [4.78, 5) is 15.5. The van der Waals surface area contributed by atoms with E-state index in [-0.39, 0.29) is 30.2 Å². The first-order chi connectivity index (χ1) is 17.7. The Morgan fingerprint density at radius 3 is 2.49 bits per heavy atom. The number of nitrogens with two attached hydrogens (primary N) is 1. The normalized spacial score (nSPS) is 16.4. The van der Waals surface area contributed by atoms with Crippen LogP contribution in [0.25, 0.3) is 22.0 Å². The lowest BCUT2D eigenvalue weighted by atomic mass is 9.88. The van der Waals surface area contributed by atoms with Gasteiger partial charge in [-0.2, -0.15) is 0 Å². The van der Waals surface area contributed by atoms with E-state index < -0.39 is 15.9 Å². The number of nitrogens with one attached hydrogen (secondary N) is 2. The molecule has 4 rings (SSSR count). The van der Waals surface area contributed by atoms with E-state index in [2.05, 4.69) is 16.4 Å². The molecule has 2 aromatic carbocycles. The number of carbonyl (C=O) groups is 1. The molecule has 200 valence electrons. The minimum atomic E-state index is -3.34. The van der Waals surface area contributed by atoms with Crippen molar-refractivity contribution in [2.24, 2.45) is 11.7 Å². The fraction of sp³-hybridized carbons (Fsp3) is 0.464. The highest BCUT2D eigenvalue weighted by atomic mass is 32.2. The molecule has 1 atom stereocenters. The molecular weight excluding hydrogens is 488 g/mol. The molecule has 1 aliphatic heterocycles. The minimum Gasteiger partial charge on any atom is -0.395 e. The second kappa shape index (κ2) is 11.8. The Hall–Kier alpha value is -2.72. The van der Waals surface area contributed by atoms with Gasteiger partial charge in [0.25, 0.3) is 5.91 Å². The summed E-state index contributed by atoms with van der Waals surface area (Å²) in [7, 11) is -3.34. The van der Waals surface area contributed by atoms with Crippen molar-refractivity contribution in [1.29, 1.82) is 0 Å². The monoisotopic (exact) mass is 526 g/mol. The quantitative estimate of drug-likeness (QED) is 0.285. The lowest BCUT2D eigenvalue weighted by Gasteiger charge is -2.31. The number of carbonyl (C=O) groups excluding carboxylic acids is 1. The number of fused-ring (bicyclic) bond motifs is 1. The summed E-state index contributed by atoms with van der Waals surface area (Å²) in [6.07, 6.45) is 3.88. The van der Waals surface area contributed by atoms with Crippen LogP contribution in [0.3, 0.4) is 0 Å². The van der Waals surface area contributed by atoms with E-state index in [4.69, 9.17) is 5.73 Å². The third-order valence-electron chi connectivity index (χ3n) is 7.47. The topological polar surface area (TPSA) is 129 Å². The van der Waals surface area contributed by atoms with Crippen molar-refractivity contribution in [2.75, 3.05) is 32.0 Å². The SMILES string of the molecule is CC(C)[C@H](CO)NCCCS(=O)(=O)N1CCC(c2c[nH]c3c(C(N)=O)cc(-c4ccccc4)cc23)CC1. The fourth-order valence-corrected chi connectivity index (χ4v) is 6.74. The Labute approximate surface area is 219 Å². The molecule has 1 aliphatic rings. The van der Waals surface area contributed by atoms with E-state index >= 15 is 0 Å². The first-order valence-electron chi connectivity index (χ1n) is 13.0. The van der Waals surface area contributed by atoms with Crippen molar-refractivity contribution in [3.63, 3.8) is 0 Å². The summed E-state index contributed by atoms with van der Waals surface area (Å²) < 4.78 is 27.5. The number of H-pyrrole nitrogens is 1. The molecule has 2 heterocycles. The van der Waals surface area contributed by atoms with Crippen molar-refractivity contribution in [3.8, 4) is 11.1 Å². The van der Waals surface area contributed by atoms with E-state index in [0.29, 0.717) is 44.5 Å². The van der Waals surface area contributed by atoms with Gasteiger partial charge in [-0.25, -0.2) is 12.7 Å². The molecule has 0 spiro atoms. The van der Waals surface area contributed by atoms with Gasteiger partial charge in [0.1, 0.15) is 0 Å². The van der Waals surface area contributed by atoms with Crippen LogP contribution in [-0.2, 0) is 10.0 Å². The van der Waals surface area contributed by atoms with E-state index in [0.717, 1.165) is 27.6 Å². The molecule has 0 unspecified atom stereocenters. The highest BCUT2D eigenvalue weighted by Crippen LogP contribution is 2.37. The second-order valence-corrected chi connectivity index (χ2v) is 12.3. The molecule has 0 aliphatic carbocycles. The molecule has 0 radical (unpaired) electrons. The van der Waals surface area contributed by atoms with E-state index in [9.17, 15) is 18.3 Å². The number of amides is 1. The minimum absolute atomic E-state index is 0.0212. The predicted molar refractivity (Wildman–Crippen MR) is 148 cm³/mol. The zero-order valence-electron chi connectivity index (χ0n) is 21.6. The summed E-state index contributed by atoms with van der Waals surface area (Å²) in [5, 5.41) is 13.6. The molecule has 5 N–H and O–H groups in total. The molecule has 37 heavy (non-hydrogen) atoms. The van der Waals surface area contributed by atoms with E-state index in [1.165, 1.54) is 0 Å². The molecule has 1 saturated heterocycles. The average molecular weight is 527 g/mol. The number of aliphatic hydroxyl groups excluding tert-OH is 1. The molecule has 1 fully saturated rings. The van der Waals surface area contributed by atoms with Gasteiger partial charge in [-0.1, -0.05) is 44.2 Å². The Bertz CT molecular complexity index is 1310. The van der Waals surface area contributed by atoms with Crippen LogP contribution in [0.4, 0.5) is 0 Å². The molecule has 3 aromatic rings. The van der Waals surface area contributed by atoms with Gasteiger partial charge in [0.15, 0.2) is 0 Å². The van der Waals surface area contributed by atoms with Crippen LogP contribution in [0, 0.1) is 5.92 Å². The maximum Gasteiger partial charge on any atom is 0.250 e.